The van der Waals surface area contributed by atoms with Gasteiger partial charge in [0, 0.05) is 41.6 Å². The maximum atomic E-state index is 12.5. The first-order chi connectivity index (χ1) is 13.9. The molecule has 29 heavy (non-hydrogen) atoms. The van der Waals surface area contributed by atoms with Crippen LogP contribution in [0.3, 0.4) is 0 Å². The molecule has 0 saturated carbocycles. The molecule has 4 rings (SSSR count). The third kappa shape index (κ3) is 4.40. The molecule has 3 aromatic rings. The van der Waals surface area contributed by atoms with Gasteiger partial charge in [-0.05, 0) is 61.3 Å². The molecule has 1 atom stereocenters. The van der Waals surface area contributed by atoms with E-state index in [9.17, 15) is 13.2 Å². The van der Waals surface area contributed by atoms with Crippen molar-refractivity contribution >= 4 is 16.6 Å². The van der Waals surface area contributed by atoms with E-state index >= 15 is 0 Å². The van der Waals surface area contributed by atoms with Gasteiger partial charge in [-0.1, -0.05) is 18.2 Å². The molecule has 0 saturated heterocycles. The first-order valence-corrected chi connectivity index (χ1v) is 9.51. The van der Waals surface area contributed by atoms with Crippen molar-refractivity contribution in [2.45, 2.75) is 31.8 Å². The van der Waals surface area contributed by atoms with Crippen molar-refractivity contribution in [2.75, 3.05) is 11.4 Å². The summed E-state index contributed by atoms with van der Waals surface area (Å²) in [6.45, 7) is 1.11. The lowest BCUT2D eigenvalue weighted by Gasteiger charge is -2.25. The van der Waals surface area contributed by atoms with Gasteiger partial charge in [0.15, 0.2) is 0 Å². The Morgan fingerprint density at radius 3 is 2.76 bits per heavy atom. The first kappa shape index (κ1) is 19.4. The molecule has 0 spiro atoms. The summed E-state index contributed by atoms with van der Waals surface area (Å²) in [4.78, 5) is 2.25. The van der Waals surface area contributed by atoms with Crippen LogP contribution in [0.5, 0.6) is 5.75 Å². The Hall–Kier alpha value is -2.93. The topological polar surface area (TPSA) is 43.4 Å². The summed E-state index contributed by atoms with van der Waals surface area (Å²) < 4.78 is 43.4. The molecule has 2 N–H and O–H groups in total. The zero-order valence-electron chi connectivity index (χ0n) is 15.8. The molecule has 0 fully saturated rings. The van der Waals surface area contributed by atoms with Crippen LogP contribution in [0.2, 0.25) is 0 Å². The summed E-state index contributed by atoms with van der Waals surface area (Å²) in [6, 6.07) is 14.7. The van der Waals surface area contributed by atoms with E-state index < -0.39 is 6.36 Å². The van der Waals surface area contributed by atoms with Gasteiger partial charge in [-0.3, -0.25) is 0 Å². The van der Waals surface area contributed by atoms with E-state index in [-0.39, 0.29) is 5.75 Å². The third-order valence-electron chi connectivity index (χ3n) is 5.11. The minimum Gasteiger partial charge on any atom is -0.406 e. The van der Waals surface area contributed by atoms with Crippen LogP contribution in [-0.4, -0.2) is 23.5 Å². The Bertz CT molecular complexity index is 1030. The number of hydrogen-bond acceptors (Lipinski definition) is 3. The highest BCUT2D eigenvalue weighted by molar-refractivity contribution is 5.84. The van der Waals surface area contributed by atoms with Gasteiger partial charge in [-0.25, -0.2) is 0 Å². The van der Waals surface area contributed by atoms with E-state index in [1.807, 2.05) is 22.9 Å². The van der Waals surface area contributed by atoms with E-state index in [2.05, 4.69) is 34.0 Å². The highest BCUT2D eigenvalue weighted by atomic mass is 19.4. The van der Waals surface area contributed by atoms with Crippen LogP contribution in [-0.2, 0) is 6.54 Å². The van der Waals surface area contributed by atoms with Crippen LogP contribution in [0.1, 0.15) is 18.4 Å². The van der Waals surface area contributed by atoms with Crippen LogP contribution in [0, 0.1) is 0 Å². The van der Waals surface area contributed by atoms with Gasteiger partial charge in [-0.2, -0.15) is 0 Å². The van der Waals surface area contributed by atoms with Crippen molar-refractivity contribution in [1.82, 2.24) is 4.57 Å². The molecule has 4 nitrogen and oxygen atoms in total. The Balaban J connectivity index is 1.56. The smallest absolute Gasteiger partial charge is 0.406 e. The fraction of sp³-hybridized carbons (Fsp3) is 0.273. The van der Waals surface area contributed by atoms with Gasteiger partial charge >= 0.3 is 6.36 Å². The van der Waals surface area contributed by atoms with E-state index in [1.54, 1.807) is 12.1 Å². The number of ether oxygens (including phenoxy) is 1. The Morgan fingerprint density at radius 1 is 1.10 bits per heavy atom. The predicted octanol–water partition coefficient (Wildman–Crippen LogP) is 5.03. The Morgan fingerprint density at radius 2 is 1.97 bits per heavy atom. The lowest BCUT2D eigenvalue weighted by Crippen LogP contribution is -2.28. The van der Waals surface area contributed by atoms with E-state index in [0.717, 1.165) is 35.0 Å². The standard InChI is InChI=1S/C22H22F3N3O/c23-22(24,25)29-20-5-1-3-16(13-20)15-27-12-9-17-14-19(6-7-21(17)27)28-11-2-4-18(28)8-10-26/h1-3,5-7,9,11-14,18H,4,8,10,15,26H2. The highest BCUT2D eigenvalue weighted by Gasteiger charge is 2.31. The molecule has 2 heterocycles. The van der Waals surface area contributed by atoms with E-state index in [4.69, 9.17) is 5.73 Å². The highest BCUT2D eigenvalue weighted by Crippen LogP contribution is 2.30. The number of nitrogens with two attached hydrogens (primary N) is 1. The second-order valence-electron chi connectivity index (χ2n) is 7.14. The average molecular weight is 401 g/mol. The van der Waals surface area contributed by atoms with Gasteiger partial charge in [0.2, 0.25) is 0 Å². The summed E-state index contributed by atoms with van der Waals surface area (Å²) in [6.07, 6.45) is 3.44. The number of alkyl halides is 3. The number of halogens is 3. The normalized spacial score (nSPS) is 16.7. The molecule has 0 radical (unpaired) electrons. The molecule has 0 aliphatic carbocycles. The zero-order chi connectivity index (χ0) is 20.4. The predicted molar refractivity (Wildman–Crippen MR) is 108 cm³/mol. The van der Waals surface area contributed by atoms with Crippen molar-refractivity contribution in [3.63, 3.8) is 0 Å². The van der Waals surface area contributed by atoms with Gasteiger partial charge in [0.1, 0.15) is 5.75 Å². The maximum Gasteiger partial charge on any atom is 0.573 e. The van der Waals surface area contributed by atoms with E-state index in [0.29, 0.717) is 19.1 Å². The average Bonchev–Trinajstić information content (AvgIpc) is 3.28. The lowest BCUT2D eigenvalue weighted by molar-refractivity contribution is -0.274. The molecule has 1 aromatic heterocycles. The van der Waals surface area contributed by atoms with Crippen molar-refractivity contribution in [1.29, 1.82) is 0 Å². The Kier molecular flexibility index (Phi) is 5.24. The fourth-order valence-electron chi connectivity index (χ4n) is 3.84. The first-order valence-electron chi connectivity index (χ1n) is 9.51. The molecule has 7 heteroatoms. The van der Waals surface area contributed by atoms with Crippen LogP contribution < -0.4 is 15.4 Å². The van der Waals surface area contributed by atoms with Crippen molar-refractivity contribution in [3.8, 4) is 5.75 Å². The number of rotatable bonds is 6. The minimum absolute atomic E-state index is 0.208. The molecule has 1 unspecified atom stereocenters. The van der Waals surface area contributed by atoms with Gasteiger partial charge in [-0.15, -0.1) is 13.2 Å². The minimum atomic E-state index is -4.69. The van der Waals surface area contributed by atoms with Crippen LogP contribution in [0.15, 0.2) is 67.0 Å². The summed E-state index contributed by atoms with van der Waals surface area (Å²) in [5.74, 6) is -0.208. The number of nitrogens with zero attached hydrogens (tertiary/aromatic N) is 2. The van der Waals surface area contributed by atoms with Gasteiger partial charge in [0.05, 0.1) is 0 Å². The summed E-state index contributed by atoms with van der Waals surface area (Å²) >= 11 is 0. The van der Waals surface area contributed by atoms with E-state index in [1.165, 1.54) is 12.1 Å². The molecule has 1 aliphatic rings. The number of aromatic nitrogens is 1. The van der Waals surface area contributed by atoms with Crippen LogP contribution >= 0.6 is 0 Å². The number of fused-ring (bicyclic) bond motifs is 1. The van der Waals surface area contributed by atoms with Crippen molar-refractivity contribution < 1.29 is 17.9 Å². The van der Waals surface area contributed by atoms with Crippen molar-refractivity contribution in [3.05, 3.63) is 72.6 Å². The zero-order valence-corrected chi connectivity index (χ0v) is 15.8. The second kappa shape index (κ2) is 7.83. The van der Waals surface area contributed by atoms with Crippen LogP contribution in [0.25, 0.3) is 10.9 Å². The molecule has 1 aliphatic heterocycles. The fourth-order valence-corrected chi connectivity index (χ4v) is 3.84. The number of hydrogen-bond donors (Lipinski definition) is 1. The quantitative estimate of drug-likeness (QED) is 0.630. The molecule has 152 valence electrons. The molecule has 2 aromatic carbocycles. The molecule has 0 bridgehead atoms. The monoisotopic (exact) mass is 401 g/mol. The molecular weight excluding hydrogens is 379 g/mol. The number of benzene rings is 2. The lowest BCUT2D eigenvalue weighted by atomic mass is 10.1. The SMILES string of the molecule is NCCC1CC=CN1c1ccc2c(ccn2Cc2cccc(OC(F)(F)F)c2)c1. The maximum absolute atomic E-state index is 12.5. The van der Waals surface area contributed by atoms with Crippen LogP contribution in [0.4, 0.5) is 18.9 Å². The van der Waals surface area contributed by atoms with Crippen molar-refractivity contribution in [2.24, 2.45) is 5.73 Å². The van der Waals surface area contributed by atoms with Gasteiger partial charge in [0.25, 0.3) is 0 Å². The third-order valence-corrected chi connectivity index (χ3v) is 5.11. The largest absolute Gasteiger partial charge is 0.573 e. The Labute approximate surface area is 167 Å². The summed E-state index contributed by atoms with van der Waals surface area (Å²) in [5.41, 5.74) is 8.60. The molecular formula is C22H22F3N3O. The second-order valence-corrected chi connectivity index (χ2v) is 7.14. The van der Waals surface area contributed by atoms with Gasteiger partial charge < -0.3 is 19.9 Å². The summed E-state index contributed by atoms with van der Waals surface area (Å²) in [7, 11) is 0. The molecule has 0 amide bonds. The summed E-state index contributed by atoms with van der Waals surface area (Å²) in [5, 5.41) is 1.08. The number of anilines is 1.